The van der Waals surface area contributed by atoms with Crippen LogP contribution in [0.5, 0.6) is 0 Å². The van der Waals surface area contributed by atoms with Crippen LogP contribution in [0.25, 0.3) is 21.7 Å². The molecular formula is C21H16N2O. The molecule has 3 heteroatoms. The van der Waals surface area contributed by atoms with Gasteiger partial charge in [-0.2, -0.15) is 0 Å². The molecule has 0 atom stereocenters. The zero-order valence-electron chi connectivity index (χ0n) is 13.3. The molecule has 0 saturated carbocycles. The molecule has 0 aliphatic heterocycles. The van der Waals surface area contributed by atoms with Crippen LogP contribution in [-0.4, -0.2) is 10.9 Å². The molecule has 0 bridgehead atoms. The number of hydrogen-bond donors (Lipinski definition) is 0. The number of nitrogens with zero attached hydrogens (tertiary/aromatic N) is 2. The first-order valence-corrected chi connectivity index (χ1v) is 7.88. The van der Waals surface area contributed by atoms with Crippen LogP contribution in [0.1, 0.15) is 6.92 Å². The summed E-state index contributed by atoms with van der Waals surface area (Å²) in [4.78, 5) is 18.7. The van der Waals surface area contributed by atoms with Crippen LogP contribution in [-0.2, 0) is 4.79 Å². The lowest BCUT2D eigenvalue weighted by atomic mass is 10.0. The van der Waals surface area contributed by atoms with E-state index in [4.69, 9.17) is 0 Å². The van der Waals surface area contributed by atoms with E-state index in [2.05, 4.69) is 23.2 Å². The first kappa shape index (κ1) is 14.4. The van der Waals surface area contributed by atoms with Crippen molar-refractivity contribution in [3.8, 4) is 0 Å². The largest absolute Gasteiger partial charge is 0.281 e. The molecule has 0 saturated heterocycles. The van der Waals surface area contributed by atoms with Gasteiger partial charge in [-0.3, -0.25) is 14.7 Å². The van der Waals surface area contributed by atoms with Gasteiger partial charge in [0.1, 0.15) is 0 Å². The minimum atomic E-state index is -0.0263. The molecule has 0 unspecified atom stereocenters. The summed E-state index contributed by atoms with van der Waals surface area (Å²) < 4.78 is 0. The van der Waals surface area contributed by atoms with Crippen LogP contribution in [0.15, 0.2) is 79.0 Å². The normalized spacial score (nSPS) is 10.9. The van der Waals surface area contributed by atoms with Crippen molar-refractivity contribution in [2.75, 3.05) is 4.90 Å². The number of pyridine rings is 1. The van der Waals surface area contributed by atoms with Gasteiger partial charge in [0.2, 0.25) is 5.91 Å². The van der Waals surface area contributed by atoms with Crippen LogP contribution < -0.4 is 4.90 Å². The Kier molecular flexibility index (Phi) is 3.47. The SMILES string of the molecule is CC(=O)N(c1ccccc1)c1cccc2ccc3cccnc3c12. The topological polar surface area (TPSA) is 33.2 Å². The summed E-state index contributed by atoms with van der Waals surface area (Å²) in [6, 6.07) is 23.8. The number of fused-ring (bicyclic) bond motifs is 3. The van der Waals surface area contributed by atoms with Gasteiger partial charge in [0, 0.05) is 29.6 Å². The number of anilines is 2. The number of amides is 1. The van der Waals surface area contributed by atoms with Gasteiger partial charge in [-0.05, 0) is 29.7 Å². The maximum atomic E-state index is 12.4. The molecule has 0 fully saturated rings. The number of aromatic nitrogens is 1. The maximum Gasteiger partial charge on any atom is 0.228 e. The van der Waals surface area contributed by atoms with E-state index >= 15 is 0 Å². The Labute approximate surface area is 140 Å². The quantitative estimate of drug-likeness (QED) is 0.484. The summed E-state index contributed by atoms with van der Waals surface area (Å²) in [5.74, 6) is -0.0263. The molecule has 24 heavy (non-hydrogen) atoms. The Hall–Kier alpha value is -3.20. The Morgan fingerprint density at radius 2 is 1.58 bits per heavy atom. The molecule has 4 rings (SSSR count). The van der Waals surface area contributed by atoms with Crippen molar-refractivity contribution in [3.05, 3.63) is 79.0 Å². The van der Waals surface area contributed by atoms with Gasteiger partial charge < -0.3 is 0 Å². The summed E-state index contributed by atoms with van der Waals surface area (Å²) in [6.45, 7) is 1.59. The highest BCUT2D eigenvalue weighted by Gasteiger charge is 2.18. The van der Waals surface area contributed by atoms with Crippen LogP contribution in [0, 0.1) is 0 Å². The van der Waals surface area contributed by atoms with Gasteiger partial charge in [-0.25, -0.2) is 0 Å². The fourth-order valence-electron chi connectivity index (χ4n) is 3.15. The zero-order chi connectivity index (χ0) is 16.5. The van der Waals surface area contributed by atoms with Crippen molar-refractivity contribution in [2.45, 2.75) is 6.92 Å². The Bertz CT molecular complexity index is 1040. The van der Waals surface area contributed by atoms with E-state index in [1.165, 1.54) is 0 Å². The molecule has 1 aromatic heterocycles. The lowest BCUT2D eigenvalue weighted by molar-refractivity contribution is -0.115. The number of benzene rings is 3. The average molecular weight is 312 g/mol. The van der Waals surface area contributed by atoms with Gasteiger partial charge >= 0.3 is 0 Å². The van der Waals surface area contributed by atoms with E-state index in [0.717, 1.165) is 33.1 Å². The summed E-state index contributed by atoms with van der Waals surface area (Å²) >= 11 is 0. The Balaban J connectivity index is 2.08. The van der Waals surface area contributed by atoms with E-state index in [1.807, 2.05) is 54.6 Å². The van der Waals surface area contributed by atoms with Gasteiger partial charge in [0.15, 0.2) is 0 Å². The second-order valence-corrected chi connectivity index (χ2v) is 5.71. The van der Waals surface area contributed by atoms with Gasteiger partial charge in [-0.15, -0.1) is 0 Å². The lowest BCUT2D eigenvalue weighted by Gasteiger charge is -2.23. The fourth-order valence-corrected chi connectivity index (χ4v) is 3.15. The fraction of sp³-hybridized carbons (Fsp3) is 0.0476. The molecule has 0 N–H and O–H groups in total. The van der Waals surface area contributed by atoms with Crippen molar-refractivity contribution in [3.63, 3.8) is 0 Å². The minimum Gasteiger partial charge on any atom is -0.281 e. The van der Waals surface area contributed by atoms with E-state index < -0.39 is 0 Å². The highest BCUT2D eigenvalue weighted by molar-refractivity contribution is 6.16. The van der Waals surface area contributed by atoms with E-state index in [0.29, 0.717) is 0 Å². The summed E-state index contributed by atoms with van der Waals surface area (Å²) in [5.41, 5.74) is 2.62. The number of para-hydroxylation sites is 1. The molecule has 0 radical (unpaired) electrons. The standard InChI is InChI=1S/C21H16N2O/c1-15(24)23(18-9-3-2-4-10-18)19-11-5-7-16-12-13-17-8-6-14-22-21(17)20(16)19/h2-14H,1H3. The summed E-state index contributed by atoms with van der Waals surface area (Å²) in [5, 5.41) is 3.13. The van der Waals surface area contributed by atoms with Crippen molar-refractivity contribution < 1.29 is 4.79 Å². The molecule has 0 aliphatic carbocycles. The molecule has 1 amide bonds. The number of carbonyl (C=O) groups is 1. The van der Waals surface area contributed by atoms with Crippen molar-refractivity contribution in [1.82, 2.24) is 4.98 Å². The number of hydrogen-bond acceptors (Lipinski definition) is 2. The third-order valence-electron chi connectivity index (χ3n) is 4.16. The Morgan fingerprint density at radius 3 is 2.38 bits per heavy atom. The predicted octanol–water partition coefficient (Wildman–Crippen LogP) is 5.07. The maximum absolute atomic E-state index is 12.4. The minimum absolute atomic E-state index is 0.0263. The molecule has 1 heterocycles. The second-order valence-electron chi connectivity index (χ2n) is 5.71. The predicted molar refractivity (Wildman–Crippen MR) is 98.5 cm³/mol. The molecule has 0 aliphatic rings. The lowest BCUT2D eigenvalue weighted by Crippen LogP contribution is -2.22. The molecule has 3 nitrogen and oxygen atoms in total. The smallest absolute Gasteiger partial charge is 0.228 e. The molecule has 0 spiro atoms. The van der Waals surface area contributed by atoms with Gasteiger partial charge in [0.25, 0.3) is 0 Å². The number of rotatable bonds is 2. The Morgan fingerprint density at radius 1 is 0.833 bits per heavy atom. The third kappa shape index (κ3) is 2.31. The number of carbonyl (C=O) groups excluding carboxylic acids is 1. The first-order valence-electron chi connectivity index (χ1n) is 7.88. The molecule has 116 valence electrons. The molecule has 4 aromatic rings. The van der Waals surface area contributed by atoms with E-state index in [-0.39, 0.29) is 5.91 Å². The van der Waals surface area contributed by atoms with Crippen molar-refractivity contribution in [1.29, 1.82) is 0 Å². The highest BCUT2D eigenvalue weighted by Crippen LogP contribution is 2.36. The van der Waals surface area contributed by atoms with E-state index in [9.17, 15) is 4.79 Å². The van der Waals surface area contributed by atoms with E-state index in [1.54, 1.807) is 18.0 Å². The highest BCUT2D eigenvalue weighted by atomic mass is 16.2. The third-order valence-corrected chi connectivity index (χ3v) is 4.16. The van der Waals surface area contributed by atoms with Crippen molar-refractivity contribution in [2.24, 2.45) is 0 Å². The van der Waals surface area contributed by atoms with Crippen molar-refractivity contribution >= 4 is 39.0 Å². The zero-order valence-corrected chi connectivity index (χ0v) is 13.3. The van der Waals surface area contributed by atoms with Crippen LogP contribution in [0.2, 0.25) is 0 Å². The summed E-state index contributed by atoms with van der Waals surface area (Å²) in [7, 11) is 0. The van der Waals surface area contributed by atoms with Gasteiger partial charge in [-0.1, -0.05) is 48.5 Å². The van der Waals surface area contributed by atoms with Crippen LogP contribution >= 0.6 is 0 Å². The van der Waals surface area contributed by atoms with Gasteiger partial charge in [0.05, 0.1) is 11.2 Å². The van der Waals surface area contributed by atoms with Crippen LogP contribution in [0.3, 0.4) is 0 Å². The molecule has 3 aromatic carbocycles. The first-order chi connectivity index (χ1) is 11.8. The monoisotopic (exact) mass is 312 g/mol. The molecular weight excluding hydrogens is 296 g/mol. The average Bonchev–Trinajstić information content (AvgIpc) is 2.62. The van der Waals surface area contributed by atoms with Crippen LogP contribution in [0.4, 0.5) is 11.4 Å². The second kappa shape index (κ2) is 5.78. The summed E-state index contributed by atoms with van der Waals surface area (Å²) in [6.07, 6.45) is 1.79.